The van der Waals surface area contributed by atoms with Crippen molar-refractivity contribution in [3.63, 3.8) is 0 Å². The molecule has 0 spiro atoms. The minimum absolute atomic E-state index is 0.952. The molecular weight excluding hydrogens is 242 g/mol. The van der Waals surface area contributed by atoms with Crippen LogP contribution in [0, 0.1) is 0 Å². The summed E-state index contributed by atoms with van der Waals surface area (Å²) in [5.74, 6) is 0. The topological polar surface area (TPSA) is 12.4 Å². The van der Waals surface area contributed by atoms with E-state index >= 15 is 0 Å². The Morgan fingerprint density at radius 2 is 1.80 bits per heavy atom. The molecule has 0 heterocycles. The highest BCUT2D eigenvalue weighted by Gasteiger charge is 1.91. The Morgan fingerprint density at radius 3 is 2.45 bits per heavy atom. The number of hydrogen-bond donors (Lipinski definition) is 0. The number of unbranched alkanes of at least 4 members (excludes halogenated alkanes) is 1. The molecule has 0 saturated heterocycles. The van der Waals surface area contributed by atoms with Crippen molar-refractivity contribution in [1.29, 1.82) is 0 Å². The molecule has 1 nitrogen and oxygen atoms in total. The van der Waals surface area contributed by atoms with Crippen molar-refractivity contribution in [2.24, 2.45) is 4.99 Å². The van der Waals surface area contributed by atoms with Gasteiger partial charge in [-0.05, 0) is 51.5 Å². The molecule has 0 rings (SSSR count). The van der Waals surface area contributed by atoms with Gasteiger partial charge in [0.15, 0.2) is 0 Å². The van der Waals surface area contributed by atoms with Crippen LogP contribution in [0.15, 0.2) is 53.1 Å². The molecule has 0 amide bonds. The standard InChI is InChI=1S/C19H31N/c1-6-8-15-20-16-19(5)14-10-13-18(4)12-9-11-17(3)7-2/h7,12,14,16H,2-3,6,8-11,13,15H2,1,4-5H3/b18-12+,19-14+,20-16?. The monoisotopic (exact) mass is 273 g/mol. The van der Waals surface area contributed by atoms with E-state index in [-0.39, 0.29) is 0 Å². The van der Waals surface area contributed by atoms with Crippen molar-refractivity contribution in [3.05, 3.63) is 48.1 Å². The number of nitrogens with zero attached hydrogens (tertiary/aromatic N) is 1. The van der Waals surface area contributed by atoms with Gasteiger partial charge in [0, 0.05) is 12.8 Å². The van der Waals surface area contributed by atoms with E-state index < -0.39 is 0 Å². The summed E-state index contributed by atoms with van der Waals surface area (Å²) in [6.45, 7) is 15.1. The zero-order chi connectivity index (χ0) is 15.2. The van der Waals surface area contributed by atoms with Crippen LogP contribution in [0.25, 0.3) is 0 Å². The first-order valence-electron chi connectivity index (χ1n) is 7.72. The summed E-state index contributed by atoms with van der Waals surface area (Å²) in [7, 11) is 0. The summed E-state index contributed by atoms with van der Waals surface area (Å²) in [5, 5.41) is 0. The molecule has 0 N–H and O–H groups in total. The van der Waals surface area contributed by atoms with Crippen LogP contribution in [-0.4, -0.2) is 12.8 Å². The van der Waals surface area contributed by atoms with Gasteiger partial charge in [0.25, 0.3) is 0 Å². The van der Waals surface area contributed by atoms with Gasteiger partial charge < -0.3 is 0 Å². The molecule has 0 aromatic rings. The number of hydrogen-bond acceptors (Lipinski definition) is 1. The minimum atomic E-state index is 0.952. The van der Waals surface area contributed by atoms with Crippen molar-refractivity contribution in [1.82, 2.24) is 0 Å². The normalized spacial score (nSPS) is 12.9. The maximum atomic E-state index is 4.41. The van der Waals surface area contributed by atoms with E-state index in [1.165, 1.54) is 24.0 Å². The molecule has 0 aliphatic carbocycles. The maximum absolute atomic E-state index is 4.41. The lowest BCUT2D eigenvalue weighted by molar-refractivity contribution is 0.810. The second-order valence-corrected chi connectivity index (χ2v) is 5.33. The number of aliphatic imine (C=N–C) groups is 1. The molecule has 0 aliphatic rings. The highest BCUT2D eigenvalue weighted by atomic mass is 14.7. The van der Waals surface area contributed by atoms with Crippen LogP contribution in [0.5, 0.6) is 0 Å². The van der Waals surface area contributed by atoms with Gasteiger partial charge in [-0.15, -0.1) is 0 Å². The quantitative estimate of drug-likeness (QED) is 0.188. The van der Waals surface area contributed by atoms with Crippen molar-refractivity contribution in [3.8, 4) is 0 Å². The Morgan fingerprint density at radius 1 is 1.10 bits per heavy atom. The lowest BCUT2D eigenvalue weighted by Crippen LogP contribution is -1.84. The van der Waals surface area contributed by atoms with Crippen LogP contribution in [0.4, 0.5) is 0 Å². The molecule has 0 radical (unpaired) electrons. The van der Waals surface area contributed by atoms with Crippen LogP contribution in [-0.2, 0) is 0 Å². The van der Waals surface area contributed by atoms with Gasteiger partial charge in [-0.1, -0.05) is 55.9 Å². The summed E-state index contributed by atoms with van der Waals surface area (Å²) in [5.41, 5.74) is 3.84. The molecule has 0 bridgehead atoms. The Hall–Kier alpha value is -1.37. The number of allylic oxidation sites excluding steroid dienone is 6. The fourth-order valence-corrected chi connectivity index (χ4v) is 1.75. The molecule has 0 atom stereocenters. The SMILES string of the molecule is C=CC(=C)CC/C=C(\C)CC/C=C(\C)C=NCCCC. The molecule has 0 aromatic heterocycles. The molecule has 0 aromatic carbocycles. The van der Waals surface area contributed by atoms with Crippen molar-refractivity contribution in [2.45, 2.75) is 59.3 Å². The highest BCUT2D eigenvalue weighted by molar-refractivity contribution is 5.77. The molecule has 112 valence electrons. The summed E-state index contributed by atoms with van der Waals surface area (Å²) in [4.78, 5) is 4.41. The Bertz CT molecular complexity index is 369. The van der Waals surface area contributed by atoms with E-state index in [0.717, 1.165) is 37.8 Å². The Labute approximate surface area is 125 Å². The zero-order valence-corrected chi connectivity index (χ0v) is 13.6. The van der Waals surface area contributed by atoms with E-state index in [1.807, 2.05) is 12.3 Å². The van der Waals surface area contributed by atoms with E-state index in [4.69, 9.17) is 0 Å². The fourth-order valence-electron chi connectivity index (χ4n) is 1.75. The third kappa shape index (κ3) is 11.7. The second kappa shape index (κ2) is 12.7. The second-order valence-electron chi connectivity index (χ2n) is 5.33. The zero-order valence-electron chi connectivity index (χ0n) is 13.6. The Kier molecular flexibility index (Phi) is 11.8. The predicted octanol–water partition coefficient (Wildman–Crippen LogP) is 6.05. The van der Waals surface area contributed by atoms with Crippen molar-refractivity contribution in [2.75, 3.05) is 6.54 Å². The molecule has 0 fully saturated rings. The first-order chi connectivity index (χ1) is 9.60. The van der Waals surface area contributed by atoms with Crippen LogP contribution in [0.3, 0.4) is 0 Å². The summed E-state index contributed by atoms with van der Waals surface area (Å²) >= 11 is 0. The lowest BCUT2D eigenvalue weighted by Gasteiger charge is -2.00. The lowest BCUT2D eigenvalue weighted by atomic mass is 10.1. The molecule has 0 unspecified atom stereocenters. The smallest absolute Gasteiger partial charge is 0.0389 e. The molecule has 20 heavy (non-hydrogen) atoms. The van der Waals surface area contributed by atoms with E-state index in [0.29, 0.717) is 0 Å². The van der Waals surface area contributed by atoms with Crippen LogP contribution >= 0.6 is 0 Å². The van der Waals surface area contributed by atoms with Gasteiger partial charge in [-0.3, -0.25) is 4.99 Å². The molecule has 1 heteroatoms. The van der Waals surface area contributed by atoms with Crippen molar-refractivity contribution >= 4 is 6.21 Å². The van der Waals surface area contributed by atoms with E-state index in [2.05, 4.69) is 51.1 Å². The average molecular weight is 273 g/mol. The van der Waals surface area contributed by atoms with E-state index in [1.54, 1.807) is 0 Å². The van der Waals surface area contributed by atoms with Gasteiger partial charge in [0.2, 0.25) is 0 Å². The fraction of sp³-hybridized carbons (Fsp3) is 0.526. The van der Waals surface area contributed by atoms with Gasteiger partial charge in [0.1, 0.15) is 0 Å². The molecular formula is C19H31N. The average Bonchev–Trinajstić information content (AvgIpc) is 2.43. The Balaban J connectivity index is 3.90. The minimum Gasteiger partial charge on any atom is -0.293 e. The highest BCUT2D eigenvalue weighted by Crippen LogP contribution is 2.10. The number of rotatable bonds is 11. The van der Waals surface area contributed by atoms with Crippen LogP contribution in [0.1, 0.15) is 59.3 Å². The molecule has 0 aliphatic heterocycles. The summed E-state index contributed by atoms with van der Waals surface area (Å²) < 4.78 is 0. The largest absolute Gasteiger partial charge is 0.293 e. The van der Waals surface area contributed by atoms with Gasteiger partial charge in [-0.2, -0.15) is 0 Å². The van der Waals surface area contributed by atoms with Gasteiger partial charge in [0.05, 0.1) is 0 Å². The third-order valence-corrected chi connectivity index (χ3v) is 3.19. The summed E-state index contributed by atoms with van der Waals surface area (Å²) in [6, 6.07) is 0. The van der Waals surface area contributed by atoms with Crippen LogP contribution < -0.4 is 0 Å². The molecule has 0 saturated carbocycles. The first-order valence-corrected chi connectivity index (χ1v) is 7.72. The van der Waals surface area contributed by atoms with Crippen molar-refractivity contribution < 1.29 is 0 Å². The van der Waals surface area contributed by atoms with Gasteiger partial charge >= 0.3 is 0 Å². The van der Waals surface area contributed by atoms with Crippen LogP contribution in [0.2, 0.25) is 0 Å². The first kappa shape index (κ1) is 18.6. The third-order valence-electron chi connectivity index (χ3n) is 3.19. The summed E-state index contributed by atoms with van der Waals surface area (Å²) in [6.07, 6.45) is 15.1. The van der Waals surface area contributed by atoms with E-state index in [9.17, 15) is 0 Å². The predicted molar refractivity (Wildman–Crippen MR) is 93.6 cm³/mol. The van der Waals surface area contributed by atoms with Gasteiger partial charge in [-0.25, -0.2) is 0 Å². The maximum Gasteiger partial charge on any atom is 0.0389 e.